The Morgan fingerprint density at radius 1 is 1.14 bits per heavy atom. The van der Waals surface area contributed by atoms with Crippen LogP contribution in [0.15, 0.2) is 66.9 Å². The van der Waals surface area contributed by atoms with Gasteiger partial charge < -0.3 is 15.8 Å². The maximum Gasteiger partial charge on any atom is 0.250 e. The first-order chi connectivity index (χ1) is 14.2. The summed E-state index contributed by atoms with van der Waals surface area (Å²) in [6.45, 7) is 0.940. The highest BCUT2D eigenvalue weighted by Crippen LogP contribution is 2.33. The van der Waals surface area contributed by atoms with Crippen molar-refractivity contribution in [3.63, 3.8) is 0 Å². The molecule has 0 spiro atoms. The average molecular weight is 387 g/mol. The Labute approximate surface area is 170 Å². The van der Waals surface area contributed by atoms with E-state index < -0.39 is 5.91 Å². The summed E-state index contributed by atoms with van der Waals surface area (Å²) in [7, 11) is 0. The van der Waals surface area contributed by atoms with E-state index in [9.17, 15) is 4.79 Å². The molecule has 1 aromatic heterocycles. The number of nitrogens with zero attached hydrogens (tertiary/aromatic N) is 1. The van der Waals surface area contributed by atoms with Crippen LogP contribution < -0.4 is 15.8 Å². The molecule has 0 saturated heterocycles. The zero-order chi connectivity index (χ0) is 20.1. The number of aryl methyl sites for hydroxylation is 1. The quantitative estimate of drug-likeness (QED) is 0.637. The molecule has 3 aromatic rings. The van der Waals surface area contributed by atoms with Crippen LogP contribution in [0.1, 0.15) is 45.9 Å². The highest BCUT2D eigenvalue weighted by Gasteiger charge is 2.20. The fourth-order valence-electron chi connectivity index (χ4n) is 3.80. The summed E-state index contributed by atoms with van der Waals surface area (Å²) in [6.07, 6.45) is 5.85. The number of hydrogen-bond donors (Lipinski definition) is 2. The van der Waals surface area contributed by atoms with Gasteiger partial charge in [-0.2, -0.15) is 0 Å². The Morgan fingerprint density at radius 2 is 2.00 bits per heavy atom. The van der Waals surface area contributed by atoms with E-state index in [2.05, 4.69) is 46.7 Å². The monoisotopic (exact) mass is 387 g/mol. The third-order valence-electron chi connectivity index (χ3n) is 5.32. The fourth-order valence-corrected chi connectivity index (χ4v) is 3.80. The minimum Gasteiger partial charge on any atom is -0.439 e. The number of aromatic nitrogens is 1. The van der Waals surface area contributed by atoms with Crippen molar-refractivity contribution < 1.29 is 9.53 Å². The van der Waals surface area contributed by atoms with Gasteiger partial charge in [0, 0.05) is 18.3 Å². The van der Waals surface area contributed by atoms with Gasteiger partial charge in [0.2, 0.25) is 11.8 Å². The Balaban J connectivity index is 1.44. The molecule has 1 heterocycles. The number of hydrogen-bond acceptors (Lipinski definition) is 4. The van der Waals surface area contributed by atoms with Crippen molar-refractivity contribution >= 4 is 5.91 Å². The SMILES string of the molecule is NC(=O)c1ccc(Oc2ccc3c(c2)C(NCCc2ccccc2)CCC3)nc1. The highest BCUT2D eigenvalue weighted by atomic mass is 16.5. The summed E-state index contributed by atoms with van der Waals surface area (Å²) >= 11 is 0. The van der Waals surface area contributed by atoms with E-state index in [-0.39, 0.29) is 0 Å². The van der Waals surface area contributed by atoms with Gasteiger partial charge in [-0.3, -0.25) is 4.79 Å². The van der Waals surface area contributed by atoms with Crippen LogP contribution >= 0.6 is 0 Å². The third kappa shape index (κ3) is 4.81. The molecule has 2 aromatic carbocycles. The topological polar surface area (TPSA) is 77.2 Å². The van der Waals surface area contributed by atoms with Crippen molar-refractivity contribution in [2.75, 3.05) is 6.54 Å². The summed E-state index contributed by atoms with van der Waals surface area (Å²) in [6, 6.07) is 20.4. The van der Waals surface area contributed by atoms with Crippen LogP contribution in [0.25, 0.3) is 0 Å². The summed E-state index contributed by atoms with van der Waals surface area (Å²) in [4.78, 5) is 15.3. The van der Waals surface area contributed by atoms with E-state index in [4.69, 9.17) is 10.5 Å². The van der Waals surface area contributed by atoms with Crippen LogP contribution in [0.4, 0.5) is 0 Å². The largest absolute Gasteiger partial charge is 0.439 e. The Bertz CT molecular complexity index is 971. The van der Waals surface area contributed by atoms with Crippen LogP contribution in [0.3, 0.4) is 0 Å². The predicted octanol–water partition coefficient (Wildman–Crippen LogP) is 4.18. The molecular formula is C24H25N3O2. The Hall–Kier alpha value is -3.18. The molecule has 29 heavy (non-hydrogen) atoms. The van der Waals surface area contributed by atoms with Crippen molar-refractivity contribution in [1.82, 2.24) is 10.3 Å². The third-order valence-corrected chi connectivity index (χ3v) is 5.32. The molecule has 1 unspecified atom stereocenters. The number of ether oxygens (including phenoxy) is 1. The number of benzene rings is 2. The average Bonchev–Trinajstić information content (AvgIpc) is 2.75. The smallest absolute Gasteiger partial charge is 0.250 e. The Morgan fingerprint density at radius 3 is 2.76 bits per heavy atom. The molecule has 0 bridgehead atoms. The maximum absolute atomic E-state index is 11.2. The number of rotatable bonds is 7. The number of carbonyl (C=O) groups excluding carboxylic acids is 1. The summed E-state index contributed by atoms with van der Waals surface area (Å²) in [5.74, 6) is 0.696. The van der Waals surface area contributed by atoms with E-state index in [1.54, 1.807) is 12.1 Å². The molecule has 3 N–H and O–H groups in total. The van der Waals surface area contributed by atoms with Crippen LogP contribution in [0, 0.1) is 0 Å². The van der Waals surface area contributed by atoms with E-state index in [0.717, 1.165) is 31.6 Å². The summed E-state index contributed by atoms with van der Waals surface area (Å²) in [5, 5.41) is 3.71. The van der Waals surface area contributed by atoms with Crippen molar-refractivity contribution in [3.05, 3.63) is 89.1 Å². The molecule has 0 saturated carbocycles. The normalized spacial score (nSPS) is 15.5. The van der Waals surface area contributed by atoms with Gasteiger partial charge in [0.05, 0.1) is 5.56 Å². The first kappa shape index (κ1) is 19.2. The lowest BCUT2D eigenvalue weighted by Crippen LogP contribution is -2.27. The van der Waals surface area contributed by atoms with Crippen LogP contribution in [0.2, 0.25) is 0 Å². The predicted molar refractivity (Wildman–Crippen MR) is 113 cm³/mol. The van der Waals surface area contributed by atoms with Gasteiger partial charge >= 0.3 is 0 Å². The Kier molecular flexibility index (Phi) is 5.86. The number of fused-ring (bicyclic) bond motifs is 1. The van der Waals surface area contributed by atoms with Crippen LogP contribution in [-0.2, 0) is 12.8 Å². The number of amides is 1. The molecule has 1 aliphatic carbocycles. The molecule has 1 atom stereocenters. The van der Waals surface area contributed by atoms with Gasteiger partial charge in [0.15, 0.2) is 0 Å². The second-order valence-electron chi connectivity index (χ2n) is 7.35. The highest BCUT2D eigenvalue weighted by molar-refractivity contribution is 5.92. The fraction of sp³-hybridized carbons (Fsp3) is 0.250. The van der Waals surface area contributed by atoms with Crippen molar-refractivity contribution in [1.29, 1.82) is 0 Å². The molecule has 0 fully saturated rings. The lowest BCUT2D eigenvalue weighted by atomic mass is 9.87. The van der Waals surface area contributed by atoms with Crippen LogP contribution in [-0.4, -0.2) is 17.4 Å². The lowest BCUT2D eigenvalue weighted by molar-refractivity contribution is 0.1000. The number of nitrogens with two attached hydrogens (primary N) is 1. The van der Waals surface area contributed by atoms with E-state index in [1.165, 1.54) is 29.3 Å². The molecule has 148 valence electrons. The second-order valence-corrected chi connectivity index (χ2v) is 7.35. The minimum atomic E-state index is -0.498. The molecule has 1 amide bonds. The lowest BCUT2D eigenvalue weighted by Gasteiger charge is -2.27. The molecule has 5 heteroatoms. The zero-order valence-electron chi connectivity index (χ0n) is 16.3. The van der Waals surface area contributed by atoms with E-state index in [0.29, 0.717) is 17.5 Å². The second kappa shape index (κ2) is 8.88. The maximum atomic E-state index is 11.2. The van der Waals surface area contributed by atoms with E-state index in [1.807, 2.05) is 12.1 Å². The van der Waals surface area contributed by atoms with Crippen molar-refractivity contribution in [3.8, 4) is 11.6 Å². The van der Waals surface area contributed by atoms with Crippen molar-refractivity contribution in [2.24, 2.45) is 5.73 Å². The summed E-state index contributed by atoms with van der Waals surface area (Å²) < 4.78 is 5.91. The van der Waals surface area contributed by atoms with Gasteiger partial charge in [0.25, 0.3) is 0 Å². The zero-order valence-corrected chi connectivity index (χ0v) is 16.3. The first-order valence-electron chi connectivity index (χ1n) is 10.0. The molecule has 1 aliphatic rings. The number of nitrogens with one attached hydrogen (secondary N) is 1. The van der Waals surface area contributed by atoms with Gasteiger partial charge in [-0.05, 0) is 67.1 Å². The summed E-state index contributed by atoms with van der Waals surface area (Å²) in [5.41, 5.74) is 9.64. The standard InChI is InChI=1S/C24H25N3O2/c25-24(28)19-10-12-23(27-16-19)29-20-11-9-18-7-4-8-22(21(18)15-20)26-14-13-17-5-2-1-3-6-17/h1-3,5-6,9-12,15-16,22,26H,4,7-8,13-14H2,(H2,25,28). The van der Waals surface area contributed by atoms with Gasteiger partial charge in [-0.15, -0.1) is 0 Å². The van der Waals surface area contributed by atoms with Crippen molar-refractivity contribution in [2.45, 2.75) is 31.7 Å². The van der Waals surface area contributed by atoms with Gasteiger partial charge in [0.1, 0.15) is 5.75 Å². The van der Waals surface area contributed by atoms with Gasteiger partial charge in [-0.1, -0.05) is 36.4 Å². The number of pyridine rings is 1. The molecule has 0 aliphatic heterocycles. The number of carbonyl (C=O) groups is 1. The first-order valence-corrected chi connectivity index (χ1v) is 10.0. The number of primary amides is 1. The van der Waals surface area contributed by atoms with Gasteiger partial charge in [-0.25, -0.2) is 4.98 Å². The minimum absolute atomic E-state index is 0.330. The molecule has 0 radical (unpaired) electrons. The van der Waals surface area contributed by atoms with E-state index >= 15 is 0 Å². The molecular weight excluding hydrogens is 362 g/mol. The molecule has 4 rings (SSSR count). The van der Waals surface area contributed by atoms with Crippen LogP contribution in [0.5, 0.6) is 11.6 Å². The molecule has 5 nitrogen and oxygen atoms in total.